The molecule has 1 aromatic heterocycles. The fourth-order valence-electron chi connectivity index (χ4n) is 6.42. The van der Waals surface area contributed by atoms with Crippen molar-refractivity contribution in [2.45, 2.75) is 57.1 Å². The molecule has 0 spiro atoms. The van der Waals surface area contributed by atoms with Gasteiger partial charge in [-0.15, -0.1) is 11.3 Å². The first-order valence-electron chi connectivity index (χ1n) is 15.2. The van der Waals surface area contributed by atoms with Gasteiger partial charge in [0.15, 0.2) is 0 Å². The average molecular weight is 571 g/mol. The quantitative estimate of drug-likeness (QED) is 0.213. The Morgan fingerprint density at radius 2 is 1.61 bits per heavy atom. The van der Waals surface area contributed by atoms with Crippen LogP contribution in [0, 0.1) is 0 Å². The van der Waals surface area contributed by atoms with E-state index in [4.69, 9.17) is 9.47 Å². The molecule has 1 aliphatic heterocycles. The summed E-state index contributed by atoms with van der Waals surface area (Å²) in [5.74, 6) is 2.17. The summed E-state index contributed by atoms with van der Waals surface area (Å²) in [7, 11) is 4.32. The van der Waals surface area contributed by atoms with E-state index in [1.54, 1.807) is 17.4 Å². The van der Waals surface area contributed by atoms with E-state index in [2.05, 4.69) is 78.5 Å². The fourth-order valence-corrected chi connectivity index (χ4v) is 7.68. The van der Waals surface area contributed by atoms with Crippen molar-refractivity contribution in [3.63, 3.8) is 0 Å². The number of nitrogens with zero attached hydrogens (tertiary/aromatic N) is 2. The van der Waals surface area contributed by atoms with Gasteiger partial charge in [-0.25, -0.2) is 0 Å². The second-order valence-electron chi connectivity index (χ2n) is 11.8. The lowest BCUT2D eigenvalue weighted by Crippen LogP contribution is -2.44. The molecule has 5 nitrogen and oxygen atoms in total. The number of phenolic OH excluding ortho intramolecular Hbond substituents is 1. The fraction of sp³-hybridized carbons (Fsp3) is 0.429. The Morgan fingerprint density at radius 1 is 0.878 bits per heavy atom. The normalized spacial score (nSPS) is 19.7. The van der Waals surface area contributed by atoms with Crippen LogP contribution in [0.4, 0.5) is 0 Å². The summed E-state index contributed by atoms with van der Waals surface area (Å²) >= 11 is 1.74. The van der Waals surface area contributed by atoms with Crippen LogP contribution >= 0.6 is 11.3 Å². The van der Waals surface area contributed by atoms with Crippen molar-refractivity contribution in [2.75, 3.05) is 40.3 Å². The number of phenols is 1. The van der Waals surface area contributed by atoms with E-state index in [1.807, 2.05) is 6.07 Å². The Balaban J connectivity index is 1.19. The average Bonchev–Trinajstić information content (AvgIpc) is 3.62. The van der Waals surface area contributed by atoms with E-state index < -0.39 is 0 Å². The lowest BCUT2D eigenvalue weighted by Gasteiger charge is -2.36. The molecule has 2 fully saturated rings. The summed E-state index contributed by atoms with van der Waals surface area (Å²) < 4.78 is 13.6. The zero-order valence-electron chi connectivity index (χ0n) is 24.4. The van der Waals surface area contributed by atoms with Crippen LogP contribution in [0.25, 0.3) is 20.5 Å². The second kappa shape index (κ2) is 12.8. The van der Waals surface area contributed by atoms with E-state index in [9.17, 15) is 5.11 Å². The first-order chi connectivity index (χ1) is 20.0. The van der Waals surface area contributed by atoms with Gasteiger partial charge in [0.05, 0.1) is 0 Å². The highest BCUT2D eigenvalue weighted by Gasteiger charge is 2.28. The molecule has 216 valence electrons. The van der Waals surface area contributed by atoms with Crippen LogP contribution in [0.15, 0.2) is 66.7 Å². The molecule has 2 aliphatic rings. The Kier molecular flexibility index (Phi) is 8.80. The molecule has 2 atom stereocenters. The topological polar surface area (TPSA) is 45.2 Å². The van der Waals surface area contributed by atoms with E-state index >= 15 is 0 Å². The predicted octanol–water partition coefficient (Wildman–Crippen LogP) is 7.59. The largest absolute Gasteiger partial charge is 0.508 e. The van der Waals surface area contributed by atoms with Gasteiger partial charge in [0.1, 0.15) is 30.0 Å². The Hall–Kier alpha value is -3.06. The van der Waals surface area contributed by atoms with Crippen LogP contribution in [-0.4, -0.2) is 67.4 Å². The molecule has 6 rings (SSSR count). The molecule has 0 radical (unpaired) electrons. The number of hydrogen-bond donors (Lipinski definition) is 1. The molecule has 1 saturated carbocycles. The summed E-state index contributed by atoms with van der Waals surface area (Å²) in [5.41, 5.74) is 3.72. The van der Waals surface area contributed by atoms with Crippen molar-refractivity contribution in [2.24, 2.45) is 0 Å². The third-order valence-corrected chi connectivity index (χ3v) is 9.93. The van der Waals surface area contributed by atoms with Crippen molar-refractivity contribution in [1.82, 2.24) is 9.80 Å². The van der Waals surface area contributed by atoms with Gasteiger partial charge in [-0.3, -0.25) is 4.90 Å². The first-order valence-corrected chi connectivity index (χ1v) is 16.0. The third-order valence-electron chi connectivity index (χ3n) is 8.69. The molecule has 41 heavy (non-hydrogen) atoms. The summed E-state index contributed by atoms with van der Waals surface area (Å²) in [5, 5.41) is 11.4. The maximum atomic E-state index is 10.2. The maximum absolute atomic E-state index is 10.2. The van der Waals surface area contributed by atoms with Gasteiger partial charge < -0.3 is 19.5 Å². The lowest BCUT2D eigenvalue weighted by molar-refractivity contribution is 0.0622. The molecular formula is C35H42N2O3S. The van der Waals surface area contributed by atoms with Gasteiger partial charge in [0, 0.05) is 22.2 Å². The Morgan fingerprint density at radius 3 is 2.37 bits per heavy atom. The van der Waals surface area contributed by atoms with Gasteiger partial charge in [-0.1, -0.05) is 18.6 Å². The van der Waals surface area contributed by atoms with E-state index in [0.717, 1.165) is 42.2 Å². The summed E-state index contributed by atoms with van der Waals surface area (Å²) in [6, 6.07) is 23.4. The van der Waals surface area contributed by atoms with Gasteiger partial charge in [0.2, 0.25) is 0 Å². The maximum Gasteiger partial charge on any atom is 0.119 e. The standard InChI is InChI=1S/C35H42N2O3S/c1-36(2)32-7-3-4-8-33(32)40-29-14-9-25(10-15-29)23-31-30-18-13-27(38)24-34(30)41-35(31)26-11-16-28(17-12-26)39-22-21-37-19-5-6-20-37/h9-18,24,32-33,38H,3-8,19-23H2,1-2H3/t32-,33-/m1/s1. The number of aromatic hydroxyl groups is 1. The molecule has 1 saturated heterocycles. The molecule has 4 aromatic rings. The second-order valence-corrected chi connectivity index (χ2v) is 12.9. The van der Waals surface area contributed by atoms with Gasteiger partial charge in [0.25, 0.3) is 0 Å². The monoisotopic (exact) mass is 570 g/mol. The predicted molar refractivity (Wildman–Crippen MR) is 170 cm³/mol. The van der Waals surface area contributed by atoms with Crippen molar-refractivity contribution >= 4 is 21.4 Å². The first kappa shape index (κ1) is 28.1. The number of benzene rings is 3. The van der Waals surface area contributed by atoms with Crippen LogP contribution in [-0.2, 0) is 6.42 Å². The van der Waals surface area contributed by atoms with Crippen LogP contribution in [0.2, 0.25) is 0 Å². The third kappa shape index (κ3) is 6.72. The van der Waals surface area contributed by atoms with Gasteiger partial charge in [-0.05, 0) is 142 Å². The summed E-state index contributed by atoms with van der Waals surface area (Å²) in [6.07, 6.45) is 8.51. The van der Waals surface area contributed by atoms with Crippen LogP contribution in [0.1, 0.15) is 49.7 Å². The summed E-state index contributed by atoms with van der Waals surface area (Å²) in [4.78, 5) is 6.03. The number of likely N-dealkylation sites (tertiary alicyclic amines) is 1. The van der Waals surface area contributed by atoms with Crippen LogP contribution in [0.5, 0.6) is 17.2 Å². The highest BCUT2D eigenvalue weighted by Crippen LogP contribution is 2.41. The van der Waals surface area contributed by atoms with Gasteiger partial charge >= 0.3 is 0 Å². The number of likely N-dealkylation sites (N-methyl/N-ethyl adjacent to an activating group) is 1. The molecule has 0 bridgehead atoms. The SMILES string of the molecule is CN(C)[C@@H]1CCCC[C@H]1Oc1ccc(Cc2c(-c3ccc(OCCN4CCCC4)cc3)sc3cc(O)ccc23)cc1. The minimum absolute atomic E-state index is 0.247. The number of fused-ring (bicyclic) bond motifs is 1. The lowest BCUT2D eigenvalue weighted by atomic mass is 9.91. The number of thiophene rings is 1. The van der Waals surface area contributed by atoms with Crippen molar-refractivity contribution in [3.05, 3.63) is 77.9 Å². The van der Waals surface area contributed by atoms with Crippen molar-refractivity contribution in [1.29, 1.82) is 0 Å². The molecule has 3 aromatic carbocycles. The Labute approximate surface area is 248 Å². The molecule has 1 aliphatic carbocycles. The van der Waals surface area contributed by atoms with Crippen molar-refractivity contribution in [3.8, 4) is 27.7 Å². The van der Waals surface area contributed by atoms with Crippen molar-refractivity contribution < 1.29 is 14.6 Å². The molecular weight excluding hydrogens is 528 g/mol. The van der Waals surface area contributed by atoms with Gasteiger partial charge in [-0.2, -0.15) is 0 Å². The molecule has 1 N–H and O–H groups in total. The highest BCUT2D eigenvalue weighted by atomic mass is 32.1. The van der Waals surface area contributed by atoms with E-state index in [1.165, 1.54) is 72.1 Å². The number of ether oxygens (including phenoxy) is 2. The van der Waals surface area contributed by atoms with Crippen LogP contribution < -0.4 is 9.47 Å². The molecule has 0 unspecified atom stereocenters. The number of hydrogen-bond acceptors (Lipinski definition) is 6. The van der Waals surface area contributed by atoms with E-state index in [-0.39, 0.29) is 6.10 Å². The molecule has 0 amide bonds. The van der Waals surface area contributed by atoms with Crippen LogP contribution in [0.3, 0.4) is 0 Å². The zero-order chi connectivity index (χ0) is 28.2. The zero-order valence-corrected chi connectivity index (χ0v) is 25.2. The highest BCUT2D eigenvalue weighted by molar-refractivity contribution is 7.22. The molecule has 2 heterocycles. The minimum atomic E-state index is 0.247. The molecule has 6 heteroatoms. The summed E-state index contributed by atoms with van der Waals surface area (Å²) in [6.45, 7) is 4.11. The van der Waals surface area contributed by atoms with E-state index in [0.29, 0.717) is 11.8 Å². The number of rotatable bonds is 10. The Bertz CT molecular complexity index is 1420. The minimum Gasteiger partial charge on any atom is -0.508 e. The smallest absolute Gasteiger partial charge is 0.119 e.